The molecule has 1 aromatic rings. The van der Waals surface area contributed by atoms with Gasteiger partial charge in [-0.1, -0.05) is 0 Å². The van der Waals surface area contributed by atoms with E-state index in [2.05, 4.69) is 5.32 Å². The number of hydrogen-bond donors (Lipinski definition) is 1. The van der Waals surface area contributed by atoms with Gasteiger partial charge in [-0.3, -0.25) is 9.59 Å². The van der Waals surface area contributed by atoms with Crippen molar-refractivity contribution in [2.45, 2.75) is 39.7 Å². The summed E-state index contributed by atoms with van der Waals surface area (Å²) >= 11 is 0. The molecular weight excluding hydrogens is 280 g/mol. The number of likely N-dealkylation sites (tertiary alicyclic amines) is 1. The van der Waals surface area contributed by atoms with Gasteiger partial charge in [-0.25, -0.2) is 0 Å². The Morgan fingerprint density at radius 3 is 2.23 bits per heavy atom. The summed E-state index contributed by atoms with van der Waals surface area (Å²) in [5.74, 6) is 0.555. The highest BCUT2D eigenvalue weighted by Crippen LogP contribution is 2.24. The van der Waals surface area contributed by atoms with E-state index in [0.717, 1.165) is 42.8 Å². The average Bonchev–Trinajstić information content (AvgIpc) is 3.00. The number of methoxy groups -OCH3 is 1. The van der Waals surface area contributed by atoms with E-state index in [-0.39, 0.29) is 11.8 Å². The van der Waals surface area contributed by atoms with Gasteiger partial charge >= 0.3 is 0 Å². The van der Waals surface area contributed by atoms with Crippen LogP contribution in [0.15, 0.2) is 12.1 Å². The maximum Gasteiger partial charge on any atom is 0.251 e. The maximum absolute atomic E-state index is 12.4. The summed E-state index contributed by atoms with van der Waals surface area (Å²) in [7, 11) is 1.62. The van der Waals surface area contributed by atoms with Gasteiger partial charge in [0.2, 0.25) is 5.91 Å². The number of rotatable bonds is 4. The monoisotopic (exact) mass is 304 g/mol. The SMILES string of the molecule is COc1c(C)cc(C(=O)NC(C)C(=O)N2CCCC2)cc1C. The summed E-state index contributed by atoms with van der Waals surface area (Å²) in [6, 6.07) is 3.07. The van der Waals surface area contributed by atoms with E-state index in [4.69, 9.17) is 4.74 Å². The number of nitrogens with zero attached hydrogens (tertiary/aromatic N) is 1. The fourth-order valence-electron chi connectivity index (χ4n) is 2.96. The molecule has 22 heavy (non-hydrogen) atoms. The second-order valence-electron chi connectivity index (χ2n) is 5.87. The Hall–Kier alpha value is -2.04. The molecule has 1 heterocycles. The third kappa shape index (κ3) is 3.40. The smallest absolute Gasteiger partial charge is 0.251 e. The number of carbonyl (C=O) groups excluding carboxylic acids is 2. The van der Waals surface area contributed by atoms with Crippen molar-refractivity contribution in [1.29, 1.82) is 0 Å². The Morgan fingerprint density at radius 1 is 1.18 bits per heavy atom. The van der Waals surface area contributed by atoms with E-state index in [9.17, 15) is 9.59 Å². The Morgan fingerprint density at radius 2 is 1.73 bits per heavy atom. The molecule has 2 amide bonds. The van der Waals surface area contributed by atoms with Crippen molar-refractivity contribution in [2.75, 3.05) is 20.2 Å². The quantitative estimate of drug-likeness (QED) is 0.926. The number of ether oxygens (including phenoxy) is 1. The predicted octanol–water partition coefficient (Wildman–Crippen LogP) is 2.05. The second kappa shape index (κ2) is 6.81. The van der Waals surface area contributed by atoms with Gasteiger partial charge in [0.25, 0.3) is 5.91 Å². The molecular formula is C17H24N2O3. The number of hydrogen-bond acceptors (Lipinski definition) is 3. The summed E-state index contributed by atoms with van der Waals surface area (Å²) < 4.78 is 5.30. The first-order chi connectivity index (χ1) is 10.4. The Bertz CT molecular complexity index is 554. The summed E-state index contributed by atoms with van der Waals surface area (Å²) in [5.41, 5.74) is 2.37. The number of carbonyl (C=O) groups is 2. The van der Waals surface area contributed by atoms with Crippen LogP contribution in [0.25, 0.3) is 0 Å². The van der Waals surface area contributed by atoms with Gasteiger partial charge in [0.15, 0.2) is 0 Å². The van der Waals surface area contributed by atoms with Crippen molar-refractivity contribution in [2.24, 2.45) is 0 Å². The van der Waals surface area contributed by atoms with Gasteiger partial charge in [-0.15, -0.1) is 0 Å². The zero-order valence-corrected chi connectivity index (χ0v) is 13.7. The first-order valence-electron chi connectivity index (χ1n) is 7.69. The summed E-state index contributed by atoms with van der Waals surface area (Å²) in [6.07, 6.45) is 2.09. The highest BCUT2D eigenvalue weighted by molar-refractivity contribution is 5.98. The minimum absolute atomic E-state index is 0.00666. The fraction of sp³-hybridized carbons (Fsp3) is 0.529. The molecule has 1 atom stereocenters. The highest BCUT2D eigenvalue weighted by Gasteiger charge is 2.24. The molecule has 1 unspecified atom stereocenters. The van der Waals surface area contributed by atoms with Gasteiger partial charge in [-0.2, -0.15) is 0 Å². The first-order valence-corrected chi connectivity index (χ1v) is 7.69. The molecule has 0 aliphatic carbocycles. The largest absolute Gasteiger partial charge is 0.496 e. The van der Waals surface area contributed by atoms with Crippen LogP contribution >= 0.6 is 0 Å². The third-order valence-electron chi connectivity index (χ3n) is 4.06. The second-order valence-corrected chi connectivity index (χ2v) is 5.87. The molecule has 0 bridgehead atoms. The molecule has 5 heteroatoms. The molecule has 1 aliphatic rings. The van der Waals surface area contributed by atoms with Crippen LogP contribution in [0.2, 0.25) is 0 Å². The number of aryl methyl sites for hydroxylation is 2. The molecule has 0 spiro atoms. The van der Waals surface area contributed by atoms with Crippen molar-refractivity contribution in [3.8, 4) is 5.75 Å². The Balaban J connectivity index is 2.07. The molecule has 0 radical (unpaired) electrons. The Labute approximate surface area is 131 Å². The minimum Gasteiger partial charge on any atom is -0.496 e. The zero-order valence-electron chi connectivity index (χ0n) is 13.7. The molecule has 5 nitrogen and oxygen atoms in total. The summed E-state index contributed by atoms with van der Waals surface area (Å²) in [5, 5.41) is 2.79. The molecule has 1 N–H and O–H groups in total. The van der Waals surface area contributed by atoms with E-state index < -0.39 is 6.04 Å². The van der Waals surface area contributed by atoms with E-state index in [1.54, 1.807) is 26.2 Å². The molecule has 0 saturated carbocycles. The minimum atomic E-state index is -0.506. The molecule has 120 valence electrons. The van der Waals surface area contributed by atoms with Crippen LogP contribution in [0.1, 0.15) is 41.3 Å². The molecule has 1 aromatic carbocycles. The van der Waals surface area contributed by atoms with Crippen LogP contribution in [0.4, 0.5) is 0 Å². The Kier molecular flexibility index (Phi) is 5.06. The number of benzene rings is 1. The van der Waals surface area contributed by atoms with Crippen LogP contribution in [0.3, 0.4) is 0 Å². The zero-order chi connectivity index (χ0) is 16.3. The van der Waals surface area contributed by atoms with E-state index >= 15 is 0 Å². The normalized spacial score (nSPS) is 15.5. The van der Waals surface area contributed by atoms with Gasteiger partial charge in [0.05, 0.1) is 7.11 Å². The lowest BCUT2D eigenvalue weighted by atomic mass is 10.0. The lowest BCUT2D eigenvalue weighted by Gasteiger charge is -2.21. The van der Waals surface area contributed by atoms with Crippen LogP contribution in [0, 0.1) is 13.8 Å². The summed E-state index contributed by atoms with van der Waals surface area (Å²) in [6.45, 7) is 7.13. The standard InChI is InChI=1S/C17H24N2O3/c1-11-9-14(10-12(2)15(11)22-4)16(20)18-13(3)17(21)19-7-5-6-8-19/h9-10,13H,5-8H2,1-4H3,(H,18,20). The molecule has 2 rings (SSSR count). The van der Waals surface area contributed by atoms with Crippen LogP contribution in [-0.4, -0.2) is 43.0 Å². The fourth-order valence-corrected chi connectivity index (χ4v) is 2.96. The lowest BCUT2D eigenvalue weighted by molar-refractivity contribution is -0.131. The maximum atomic E-state index is 12.4. The number of nitrogens with one attached hydrogen (secondary N) is 1. The molecule has 1 aliphatic heterocycles. The van der Waals surface area contributed by atoms with Gasteiger partial charge in [0.1, 0.15) is 11.8 Å². The van der Waals surface area contributed by atoms with Gasteiger partial charge in [0, 0.05) is 18.7 Å². The van der Waals surface area contributed by atoms with Crippen LogP contribution in [0.5, 0.6) is 5.75 Å². The highest BCUT2D eigenvalue weighted by atomic mass is 16.5. The van der Waals surface area contributed by atoms with Crippen molar-refractivity contribution >= 4 is 11.8 Å². The molecule has 1 saturated heterocycles. The van der Waals surface area contributed by atoms with Crippen molar-refractivity contribution in [1.82, 2.24) is 10.2 Å². The van der Waals surface area contributed by atoms with Crippen LogP contribution in [-0.2, 0) is 4.79 Å². The summed E-state index contributed by atoms with van der Waals surface area (Å²) in [4.78, 5) is 26.4. The third-order valence-corrected chi connectivity index (χ3v) is 4.06. The van der Waals surface area contributed by atoms with Crippen molar-refractivity contribution < 1.29 is 14.3 Å². The van der Waals surface area contributed by atoms with Crippen molar-refractivity contribution in [3.63, 3.8) is 0 Å². The van der Waals surface area contributed by atoms with Gasteiger partial charge < -0.3 is 15.0 Å². The predicted molar refractivity (Wildman–Crippen MR) is 85.2 cm³/mol. The lowest BCUT2D eigenvalue weighted by Crippen LogP contribution is -2.45. The van der Waals surface area contributed by atoms with E-state index in [0.29, 0.717) is 5.56 Å². The van der Waals surface area contributed by atoms with E-state index in [1.165, 1.54) is 0 Å². The van der Waals surface area contributed by atoms with E-state index in [1.807, 2.05) is 18.7 Å². The number of amides is 2. The van der Waals surface area contributed by atoms with Crippen molar-refractivity contribution in [3.05, 3.63) is 28.8 Å². The first kappa shape index (κ1) is 16.3. The van der Waals surface area contributed by atoms with Gasteiger partial charge in [-0.05, 0) is 56.9 Å². The molecule has 0 aromatic heterocycles. The van der Waals surface area contributed by atoms with Crippen LogP contribution < -0.4 is 10.1 Å². The molecule has 1 fully saturated rings. The topological polar surface area (TPSA) is 58.6 Å². The average molecular weight is 304 g/mol.